The lowest BCUT2D eigenvalue weighted by Crippen LogP contribution is -2.38. The summed E-state index contributed by atoms with van der Waals surface area (Å²) >= 11 is 0. The van der Waals surface area contributed by atoms with Gasteiger partial charge in [0.05, 0.1) is 0 Å². The minimum atomic E-state index is 0.211. The van der Waals surface area contributed by atoms with Gasteiger partial charge in [-0.1, -0.05) is 68.0 Å². The van der Waals surface area contributed by atoms with E-state index in [9.17, 15) is 0 Å². The van der Waals surface area contributed by atoms with E-state index in [1.54, 1.807) is 0 Å². The van der Waals surface area contributed by atoms with Crippen LogP contribution in [0.1, 0.15) is 81.4 Å². The van der Waals surface area contributed by atoms with Crippen molar-refractivity contribution in [3.63, 3.8) is 0 Å². The molecule has 2 aromatic carbocycles. The third kappa shape index (κ3) is 6.26. The van der Waals surface area contributed by atoms with E-state index in [0.29, 0.717) is 18.0 Å². The van der Waals surface area contributed by atoms with Gasteiger partial charge in [0.25, 0.3) is 0 Å². The van der Waals surface area contributed by atoms with Crippen LogP contribution in [-0.4, -0.2) is 23.2 Å². The van der Waals surface area contributed by atoms with Crippen molar-refractivity contribution in [3.8, 4) is 0 Å². The minimum absolute atomic E-state index is 0.211. The summed E-state index contributed by atoms with van der Waals surface area (Å²) in [6, 6.07) is 19.1. The van der Waals surface area contributed by atoms with E-state index in [1.165, 1.54) is 40.4 Å². The molecule has 3 N–H and O–H groups in total. The van der Waals surface area contributed by atoms with Crippen LogP contribution < -0.4 is 11.1 Å². The molecule has 1 aliphatic rings. The summed E-state index contributed by atoms with van der Waals surface area (Å²) < 4.78 is 2.51. The molecule has 1 heterocycles. The topological polar surface area (TPSA) is 43.0 Å². The molecule has 0 spiro atoms. The highest BCUT2D eigenvalue weighted by Crippen LogP contribution is 2.37. The Hall–Kier alpha value is -2.36. The number of nitrogens with one attached hydrogen (secondary N) is 1. The number of aromatic nitrogens is 1. The lowest BCUT2D eigenvalue weighted by atomic mass is 9.84. The molecule has 35 heavy (non-hydrogen) atoms. The first-order chi connectivity index (χ1) is 16.9. The van der Waals surface area contributed by atoms with Crippen LogP contribution in [0, 0.1) is 12.3 Å². The number of fused-ring (bicyclic) bond motifs is 1. The zero-order valence-corrected chi connectivity index (χ0v) is 22.1. The first-order valence-electron chi connectivity index (χ1n) is 13.7. The molecule has 0 amide bonds. The van der Waals surface area contributed by atoms with Crippen LogP contribution in [0.4, 0.5) is 0 Å². The number of hydrogen-bond acceptors (Lipinski definition) is 2. The molecule has 188 valence electrons. The average Bonchev–Trinajstić information content (AvgIpc) is 3.21. The zero-order valence-electron chi connectivity index (χ0n) is 22.1. The summed E-state index contributed by atoms with van der Waals surface area (Å²) in [4.78, 5) is 0. The molecule has 1 aliphatic carbocycles. The Morgan fingerprint density at radius 2 is 1.91 bits per heavy atom. The molecule has 0 radical (unpaired) electrons. The van der Waals surface area contributed by atoms with E-state index in [4.69, 9.17) is 5.73 Å². The van der Waals surface area contributed by atoms with Crippen molar-refractivity contribution in [2.75, 3.05) is 6.54 Å². The van der Waals surface area contributed by atoms with Crippen molar-refractivity contribution in [1.82, 2.24) is 9.88 Å². The van der Waals surface area contributed by atoms with Crippen LogP contribution >= 0.6 is 0 Å². The molecule has 1 saturated carbocycles. The third-order valence-electron chi connectivity index (χ3n) is 8.32. The van der Waals surface area contributed by atoms with Gasteiger partial charge in [-0.15, -0.1) is 6.58 Å². The summed E-state index contributed by atoms with van der Waals surface area (Å²) in [5.41, 5.74) is 11.9. The maximum absolute atomic E-state index is 6.13. The second-order valence-corrected chi connectivity index (χ2v) is 11.2. The molecular weight excluding hydrogens is 426 g/mol. The maximum atomic E-state index is 6.13. The van der Waals surface area contributed by atoms with Crippen LogP contribution in [0.3, 0.4) is 0 Å². The summed E-state index contributed by atoms with van der Waals surface area (Å²) in [5, 5.41) is 5.26. The summed E-state index contributed by atoms with van der Waals surface area (Å²) in [5.74, 6) is 0.367. The van der Waals surface area contributed by atoms with Gasteiger partial charge in [0.2, 0.25) is 0 Å². The highest BCUT2D eigenvalue weighted by molar-refractivity contribution is 5.85. The van der Waals surface area contributed by atoms with Crippen LogP contribution in [0.5, 0.6) is 0 Å². The van der Waals surface area contributed by atoms with Crippen molar-refractivity contribution in [2.24, 2.45) is 11.1 Å². The molecule has 2 atom stereocenters. The van der Waals surface area contributed by atoms with Gasteiger partial charge in [-0.3, -0.25) is 0 Å². The first-order valence-corrected chi connectivity index (χ1v) is 13.7. The Morgan fingerprint density at radius 3 is 2.63 bits per heavy atom. The van der Waals surface area contributed by atoms with Crippen LogP contribution in [0.15, 0.2) is 67.4 Å². The second kappa shape index (κ2) is 11.6. The van der Waals surface area contributed by atoms with Crippen molar-refractivity contribution in [1.29, 1.82) is 0 Å². The monoisotopic (exact) mass is 471 g/mol. The normalized spacial score (nSPS) is 21.0. The highest BCUT2D eigenvalue weighted by Gasteiger charge is 2.25. The van der Waals surface area contributed by atoms with Crippen LogP contribution in [0.2, 0.25) is 0 Å². The van der Waals surface area contributed by atoms with Gasteiger partial charge in [-0.25, -0.2) is 0 Å². The van der Waals surface area contributed by atoms with Gasteiger partial charge in [0, 0.05) is 41.6 Å². The molecule has 1 aromatic heterocycles. The SMILES string of the molecule is C=CCC(C)(CC)Cn1cc(C(CCN[C@H]2CC[C@H](N)CC2)c2cccc(C)c2)c2ccccc21. The molecule has 0 bridgehead atoms. The van der Waals surface area contributed by atoms with E-state index < -0.39 is 0 Å². The Kier molecular flexibility index (Phi) is 8.51. The largest absolute Gasteiger partial charge is 0.347 e. The average molecular weight is 472 g/mol. The van der Waals surface area contributed by atoms with Gasteiger partial charge >= 0.3 is 0 Å². The van der Waals surface area contributed by atoms with Crippen molar-refractivity contribution < 1.29 is 0 Å². The molecular formula is C32H45N3. The Balaban J connectivity index is 1.65. The lowest BCUT2D eigenvalue weighted by molar-refractivity contribution is 0.267. The van der Waals surface area contributed by atoms with Crippen LogP contribution in [0.25, 0.3) is 10.9 Å². The fourth-order valence-electron chi connectivity index (χ4n) is 5.91. The Morgan fingerprint density at radius 1 is 1.14 bits per heavy atom. The summed E-state index contributed by atoms with van der Waals surface area (Å²) in [6.07, 6.45) is 12.5. The summed E-state index contributed by atoms with van der Waals surface area (Å²) in [7, 11) is 0. The van der Waals surface area contributed by atoms with Gasteiger partial charge in [0.1, 0.15) is 0 Å². The fraction of sp³-hybridized carbons (Fsp3) is 0.500. The van der Waals surface area contributed by atoms with Gasteiger partial charge in [-0.05, 0) is 81.0 Å². The maximum Gasteiger partial charge on any atom is 0.0483 e. The second-order valence-electron chi connectivity index (χ2n) is 11.2. The van der Waals surface area contributed by atoms with Crippen molar-refractivity contribution in [3.05, 3.63) is 84.1 Å². The standard InChI is InChI=1S/C32H45N3/c1-5-19-32(4,6-2)23-35-22-30(29-12-7-8-13-31(29)35)28(25-11-9-10-24(3)21-25)18-20-34-27-16-14-26(33)15-17-27/h5,7-13,21-22,26-28,34H,1,6,14-20,23,33H2,2-4H3/t26-,27-,28?,32?. The zero-order chi connectivity index (χ0) is 24.8. The number of allylic oxidation sites excluding steroid dienone is 1. The molecule has 0 saturated heterocycles. The molecule has 4 rings (SSSR count). The number of rotatable bonds is 11. The van der Waals surface area contributed by atoms with Gasteiger partial charge in [0.15, 0.2) is 0 Å². The smallest absolute Gasteiger partial charge is 0.0483 e. The van der Waals surface area contributed by atoms with E-state index >= 15 is 0 Å². The number of nitrogens with two attached hydrogens (primary N) is 1. The third-order valence-corrected chi connectivity index (χ3v) is 8.32. The Bertz CT molecular complexity index is 1100. The molecule has 3 heteroatoms. The molecule has 3 aromatic rings. The predicted molar refractivity (Wildman–Crippen MR) is 151 cm³/mol. The number of aryl methyl sites for hydroxylation is 1. The summed E-state index contributed by atoms with van der Waals surface area (Å²) in [6.45, 7) is 13.0. The number of benzene rings is 2. The van der Waals surface area contributed by atoms with Crippen molar-refractivity contribution >= 4 is 10.9 Å². The lowest BCUT2D eigenvalue weighted by Gasteiger charge is -2.28. The van der Waals surface area contributed by atoms with Crippen molar-refractivity contribution in [2.45, 2.75) is 90.3 Å². The highest BCUT2D eigenvalue weighted by atomic mass is 15.0. The van der Waals surface area contributed by atoms with Gasteiger partial charge in [-0.2, -0.15) is 0 Å². The molecule has 2 unspecified atom stereocenters. The number of para-hydroxylation sites is 1. The van der Waals surface area contributed by atoms with E-state index in [2.05, 4.69) is 98.0 Å². The first kappa shape index (κ1) is 25.7. The molecule has 1 fully saturated rings. The molecule has 3 nitrogen and oxygen atoms in total. The van der Waals surface area contributed by atoms with Crippen LogP contribution in [-0.2, 0) is 6.54 Å². The van der Waals surface area contributed by atoms with Gasteiger partial charge < -0.3 is 15.6 Å². The van der Waals surface area contributed by atoms with E-state index in [0.717, 1.165) is 45.2 Å². The number of hydrogen-bond donors (Lipinski definition) is 2. The minimum Gasteiger partial charge on any atom is -0.347 e. The Labute approximate surface area is 212 Å². The van der Waals surface area contributed by atoms with E-state index in [-0.39, 0.29) is 5.41 Å². The molecule has 0 aliphatic heterocycles. The number of nitrogens with zero attached hydrogens (tertiary/aromatic N) is 1. The fourth-order valence-corrected chi connectivity index (χ4v) is 5.91. The quantitative estimate of drug-likeness (QED) is 0.288. The van der Waals surface area contributed by atoms with E-state index in [1.807, 2.05) is 0 Å². The predicted octanol–water partition coefficient (Wildman–Crippen LogP) is 7.32.